The molecule has 194 valence electrons. The van der Waals surface area contributed by atoms with Crippen LogP contribution in [-0.4, -0.2) is 16.9 Å². The second-order valence-electron chi connectivity index (χ2n) is 8.84. The standard InChI is InChI=1S/C31H25N3O4S/c1-20-17-24(13-16-26(20)33-30(36)28-18-23-9-5-6-10-27(23)38-28)32-31(39)34-29(35)22-11-14-25(15-12-22)37-19-21-7-3-2-4-8-21/h2-18H,19H2,1H3,(H,33,36)(H2,32,34,35,39). The maximum absolute atomic E-state index is 12.7. The number of nitrogens with one attached hydrogen (secondary N) is 3. The van der Waals surface area contributed by atoms with E-state index in [0.717, 1.165) is 16.5 Å². The molecular formula is C31H25N3O4S. The van der Waals surface area contributed by atoms with Gasteiger partial charge in [0, 0.05) is 22.3 Å². The van der Waals surface area contributed by atoms with Crippen LogP contribution in [0.4, 0.5) is 11.4 Å². The van der Waals surface area contributed by atoms with Gasteiger partial charge in [-0.1, -0.05) is 48.5 Å². The van der Waals surface area contributed by atoms with Crippen molar-refractivity contribution in [2.45, 2.75) is 13.5 Å². The van der Waals surface area contributed by atoms with Gasteiger partial charge in [-0.3, -0.25) is 14.9 Å². The Morgan fingerprint density at radius 1 is 0.821 bits per heavy atom. The molecule has 5 rings (SSSR count). The highest BCUT2D eigenvalue weighted by atomic mass is 32.1. The first-order valence-electron chi connectivity index (χ1n) is 12.2. The second-order valence-corrected chi connectivity index (χ2v) is 9.25. The van der Waals surface area contributed by atoms with Crippen molar-refractivity contribution in [3.63, 3.8) is 0 Å². The van der Waals surface area contributed by atoms with E-state index in [9.17, 15) is 9.59 Å². The lowest BCUT2D eigenvalue weighted by atomic mass is 10.1. The van der Waals surface area contributed by atoms with Crippen LogP contribution in [0, 0.1) is 6.92 Å². The highest BCUT2D eigenvalue weighted by molar-refractivity contribution is 7.80. The van der Waals surface area contributed by atoms with Crippen molar-refractivity contribution in [3.8, 4) is 5.75 Å². The molecule has 0 aliphatic carbocycles. The number of rotatable bonds is 7. The number of para-hydroxylation sites is 1. The fourth-order valence-electron chi connectivity index (χ4n) is 3.94. The Kier molecular flexibility index (Phi) is 7.65. The molecule has 5 aromatic rings. The fourth-order valence-corrected chi connectivity index (χ4v) is 4.15. The zero-order valence-electron chi connectivity index (χ0n) is 21.1. The Morgan fingerprint density at radius 2 is 1.56 bits per heavy atom. The highest BCUT2D eigenvalue weighted by Crippen LogP contribution is 2.23. The highest BCUT2D eigenvalue weighted by Gasteiger charge is 2.14. The van der Waals surface area contributed by atoms with Gasteiger partial charge >= 0.3 is 0 Å². The summed E-state index contributed by atoms with van der Waals surface area (Å²) in [7, 11) is 0. The molecule has 7 nitrogen and oxygen atoms in total. The molecule has 39 heavy (non-hydrogen) atoms. The van der Waals surface area contributed by atoms with Crippen molar-refractivity contribution in [2.75, 3.05) is 10.6 Å². The van der Waals surface area contributed by atoms with E-state index < -0.39 is 0 Å². The minimum atomic E-state index is -0.339. The van der Waals surface area contributed by atoms with Gasteiger partial charge < -0.3 is 19.8 Å². The van der Waals surface area contributed by atoms with Crippen molar-refractivity contribution >= 4 is 51.5 Å². The Labute approximate surface area is 230 Å². The molecule has 0 spiro atoms. The van der Waals surface area contributed by atoms with Gasteiger partial charge in [0.15, 0.2) is 10.9 Å². The number of fused-ring (bicyclic) bond motifs is 1. The molecule has 0 atom stereocenters. The number of amides is 2. The smallest absolute Gasteiger partial charge is 0.291 e. The minimum absolute atomic E-state index is 0.155. The number of ether oxygens (including phenoxy) is 1. The number of anilines is 2. The molecule has 2 amide bonds. The lowest BCUT2D eigenvalue weighted by Gasteiger charge is -2.13. The number of hydrogen-bond acceptors (Lipinski definition) is 5. The predicted molar refractivity (Wildman–Crippen MR) is 156 cm³/mol. The summed E-state index contributed by atoms with van der Waals surface area (Å²) in [6.45, 7) is 2.31. The van der Waals surface area contributed by atoms with Crippen molar-refractivity contribution in [3.05, 3.63) is 126 Å². The first-order chi connectivity index (χ1) is 18.9. The summed E-state index contributed by atoms with van der Waals surface area (Å²) in [5.41, 5.74) is 4.28. The molecule has 3 N–H and O–H groups in total. The van der Waals surface area contributed by atoms with Crippen LogP contribution in [0.5, 0.6) is 5.75 Å². The molecule has 0 aliphatic rings. The van der Waals surface area contributed by atoms with Crippen LogP contribution >= 0.6 is 12.2 Å². The van der Waals surface area contributed by atoms with Crippen LogP contribution < -0.4 is 20.7 Å². The molecule has 1 heterocycles. The molecule has 1 aromatic heterocycles. The van der Waals surface area contributed by atoms with Gasteiger partial charge in [0.1, 0.15) is 17.9 Å². The zero-order valence-corrected chi connectivity index (χ0v) is 21.9. The van der Waals surface area contributed by atoms with Gasteiger partial charge in [0.05, 0.1) is 0 Å². The monoisotopic (exact) mass is 535 g/mol. The molecule has 0 bridgehead atoms. The quantitative estimate of drug-likeness (QED) is 0.201. The first kappa shape index (κ1) is 25.7. The van der Waals surface area contributed by atoms with Crippen LogP contribution in [0.25, 0.3) is 11.0 Å². The summed E-state index contributed by atoms with van der Waals surface area (Å²) in [6.07, 6.45) is 0. The van der Waals surface area contributed by atoms with E-state index in [1.165, 1.54) is 0 Å². The Morgan fingerprint density at radius 3 is 2.31 bits per heavy atom. The molecule has 0 radical (unpaired) electrons. The number of benzene rings is 4. The number of hydrogen-bond donors (Lipinski definition) is 3. The third kappa shape index (κ3) is 6.49. The van der Waals surface area contributed by atoms with Crippen LogP contribution in [-0.2, 0) is 6.61 Å². The number of furan rings is 1. The summed E-state index contributed by atoms with van der Waals surface area (Å²) >= 11 is 5.33. The van der Waals surface area contributed by atoms with E-state index in [2.05, 4.69) is 16.0 Å². The van der Waals surface area contributed by atoms with Crippen molar-refractivity contribution in [1.29, 1.82) is 0 Å². The second kappa shape index (κ2) is 11.6. The molecule has 0 unspecified atom stereocenters. The average molecular weight is 536 g/mol. The normalized spacial score (nSPS) is 10.6. The zero-order chi connectivity index (χ0) is 27.2. The molecule has 0 aliphatic heterocycles. The van der Waals surface area contributed by atoms with E-state index in [4.69, 9.17) is 21.4 Å². The number of carbonyl (C=O) groups is 2. The van der Waals surface area contributed by atoms with E-state index in [0.29, 0.717) is 34.9 Å². The molecule has 0 saturated carbocycles. The van der Waals surface area contributed by atoms with Gasteiger partial charge in [-0.15, -0.1) is 0 Å². The van der Waals surface area contributed by atoms with E-state index in [1.807, 2.05) is 67.6 Å². The molecule has 4 aromatic carbocycles. The van der Waals surface area contributed by atoms with Crippen molar-refractivity contribution in [1.82, 2.24) is 5.32 Å². The van der Waals surface area contributed by atoms with Crippen LogP contribution in [0.2, 0.25) is 0 Å². The van der Waals surface area contributed by atoms with Crippen LogP contribution in [0.1, 0.15) is 32.0 Å². The lowest BCUT2D eigenvalue weighted by Crippen LogP contribution is -2.34. The number of thiocarbonyl (C=S) groups is 1. The van der Waals surface area contributed by atoms with Crippen molar-refractivity contribution in [2.24, 2.45) is 0 Å². The minimum Gasteiger partial charge on any atom is -0.489 e. The van der Waals surface area contributed by atoms with Gasteiger partial charge in [-0.05, 0) is 84.9 Å². The maximum atomic E-state index is 12.7. The molecule has 0 saturated heterocycles. The molecule has 8 heteroatoms. The lowest BCUT2D eigenvalue weighted by molar-refractivity contribution is 0.0975. The van der Waals surface area contributed by atoms with Gasteiger partial charge in [-0.25, -0.2) is 0 Å². The van der Waals surface area contributed by atoms with Crippen LogP contribution in [0.3, 0.4) is 0 Å². The van der Waals surface area contributed by atoms with E-state index in [-0.39, 0.29) is 22.7 Å². The van der Waals surface area contributed by atoms with Gasteiger partial charge in [-0.2, -0.15) is 0 Å². The topological polar surface area (TPSA) is 92.6 Å². The van der Waals surface area contributed by atoms with E-state index >= 15 is 0 Å². The fraction of sp³-hybridized carbons (Fsp3) is 0.0645. The van der Waals surface area contributed by atoms with Crippen molar-refractivity contribution < 1.29 is 18.7 Å². The summed E-state index contributed by atoms with van der Waals surface area (Å²) in [6, 6.07) is 31.2. The SMILES string of the molecule is Cc1cc(NC(=S)NC(=O)c2ccc(OCc3ccccc3)cc2)ccc1NC(=O)c1cc2ccccc2o1. The number of carbonyl (C=O) groups excluding carboxylic acids is 2. The Bertz CT molecular complexity index is 1610. The average Bonchev–Trinajstić information content (AvgIpc) is 3.39. The van der Waals surface area contributed by atoms with Gasteiger partial charge in [0.2, 0.25) is 0 Å². The summed E-state index contributed by atoms with van der Waals surface area (Å²) in [5, 5.41) is 9.58. The Hall–Kier alpha value is -4.95. The molecular weight excluding hydrogens is 510 g/mol. The summed E-state index contributed by atoms with van der Waals surface area (Å²) in [4.78, 5) is 25.3. The van der Waals surface area contributed by atoms with E-state index in [1.54, 1.807) is 42.5 Å². The molecule has 0 fully saturated rings. The Balaban J connectivity index is 1.14. The maximum Gasteiger partial charge on any atom is 0.291 e. The predicted octanol–water partition coefficient (Wildman–Crippen LogP) is 6.70. The largest absolute Gasteiger partial charge is 0.489 e. The number of aryl methyl sites for hydroxylation is 1. The van der Waals surface area contributed by atoms with Crippen LogP contribution in [0.15, 0.2) is 108 Å². The van der Waals surface area contributed by atoms with Gasteiger partial charge in [0.25, 0.3) is 11.8 Å². The third-order valence-corrected chi connectivity index (χ3v) is 6.18. The summed E-state index contributed by atoms with van der Waals surface area (Å²) in [5.74, 6) is 0.222. The third-order valence-electron chi connectivity index (χ3n) is 5.97. The summed E-state index contributed by atoms with van der Waals surface area (Å²) < 4.78 is 11.4. The first-order valence-corrected chi connectivity index (χ1v) is 12.7.